The molecule has 6 nitrogen and oxygen atoms in total. The van der Waals surface area contributed by atoms with Crippen molar-refractivity contribution >= 4 is 34.4 Å². The van der Waals surface area contributed by atoms with Gasteiger partial charge in [0.1, 0.15) is 11.6 Å². The van der Waals surface area contributed by atoms with E-state index in [0.29, 0.717) is 27.5 Å². The number of aromatic hydroxyl groups is 1. The van der Waals surface area contributed by atoms with Gasteiger partial charge in [-0.05, 0) is 42.0 Å². The van der Waals surface area contributed by atoms with E-state index in [1.165, 1.54) is 13.1 Å². The van der Waals surface area contributed by atoms with Crippen LogP contribution in [0, 0.1) is 0 Å². The number of amides is 2. The van der Waals surface area contributed by atoms with Crippen molar-refractivity contribution in [2.75, 3.05) is 7.05 Å². The Morgan fingerprint density at radius 3 is 2.53 bits per heavy atom. The van der Waals surface area contributed by atoms with Crippen LogP contribution in [0.1, 0.15) is 27.3 Å². The molecule has 2 N–H and O–H groups in total. The highest BCUT2D eigenvalue weighted by Crippen LogP contribution is 2.48. The normalized spacial score (nSPS) is 18.7. The maximum absolute atomic E-state index is 13.9. The summed E-state index contributed by atoms with van der Waals surface area (Å²) in [7, 11) is 1.43. The number of H-pyrrole nitrogens is 1. The molecule has 5 rings (SSSR count). The number of rotatable bonds is 2. The summed E-state index contributed by atoms with van der Waals surface area (Å²) >= 11 is 6.27. The van der Waals surface area contributed by atoms with Crippen molar-refractivity contribution in [2.45, 2.75) is 5.41 Å². The Balaban J connectivity index is 1.98. The molecule has 0 bridgehead atoms. The number of hydrogen-bond acceptors (Lipinski definition) is 4. The van der Waals surface area contributed by atoms with Crippen LogP contribution in [-0.4, -0.2) is 38.8 Å². The summed E-state index contributed by atoms with van der Waals surface area (Å²) in [5.74, 6) is -0.754. The van der Waals surface area contributed by atoms with E-state index in [0.717, 1.165) is 10.4 Å². The van der Waals surface area contributed by atoms with Crippen LogP contribution in [0.2, 0.25) is 5.02 Å². The lowest BCUT2D eigenvalue weighted by atomic mass is 9.68. The van der Waals surface area contributed by atoms with Gasteiger partial charge in [-0.25, -0.2) is 4.98 Å². The van der Waals surface area contributed by atoms with Crippen molar-refractivity contribution in [1.82, 2.24) is 14.9 Å². The molecule has 1 aliphatic rings. The van der Waals surface area contributed by atoms with Gasteiger partial charge < -0.3 is 10.1 Å². The number of imidazole rings is 1. The summed E-state index contributed by atoms with van der Waals surface area (Å²) < 4.78 is 0. The van der Waals surface area contributed by atoms with Crippen LogP contribution in [0.25, 0.3) is 11.0 Å². The predicted molar refractivity (Wildman–Crippen MR) is 113 cm³/mol. The number of carbonyl (C=O) groups is 2. The Labute approximate surface area is 176 Å². The van der Waals surface area contributed by atoms with Gasteiger partial charge in [-0.2, -0.15) is 0 Å². The fraction of sp³-hybridized carbons (Fsp3) is 0.0870. The van der Waals surface area contributed by atoms with E-state index in [9.17, 15) is 14.7 Å². The first kappa shape index (κ1) is 18.4. The second-order valence-electron chi connectivity index (χ2n) is 7.23. The zero-order valence-electron chi connectivity index (χ0n) is 15.9. The molecule has 1 atom stereocenters. The van der Waals surface area contributed by atoms with E-state index in [1.54, 1.807) is 36.4 Å². The highest BCUT2D eigenvalue weighted by Gasteiger charge is 2.55. The number of imide groups is 1. The van der Waals surface area contributed by atoms with Gasteiger partial charge in [0.05, 0.1) is 11.0 Å². The molecule has 30 heavy (non-hydrogen) atoms. The molecule has 3 aromatic carbocycles. The van der Waals surface area contributed by atoms with Gasteiger partial charge in [0.25, 0.3) is 11.8 Å². The minimum absolute atomic E-state index is 0.120. The number of nitrogens with zero attached hydrogens (tertiary/aromatic N) is 2. The van der Waals surface area contributed by atoms with Crippen LogP contribution in [0.3, 0.4) is 0 Å². The van der Waals surface area contributed by atoms with E-state index >= 15 is 0 Å². The fourth-order valence-electron chi connectivity index (χ4n) is 4.19. The molecule has 148 valence electrons. The monoisotopic (exact) mass is 417 g/mol. The number of fused-ring (bicyclic) bond motifs is 2. The number of carbonyl (C=O) groups excluding carboxylic acids is 2. The maximum atomic E-state index is 13.9. The number of para-hydroxylation sites is 2. The van der Waals surface area contributed by atoms with E-state index < -0.39 is 17.2 Å². The number of likely N-dealkylation sites (N-methyl/N-ethyl adjacent to an activating group) is 1. The third kappa shape index (κ3) is 2.34. The quantitative estimate of drug-likeness (QED) is 0.485. The van der Waals surface area contributed by atoms with Gasteiger partial charge in [0.2, 0.25) is 0 Å². The summed E-state index contributed by atoms with van der Waals surface area (Å²) in [6.07, 6.45) is 0. The van der Waals surface area contributed by atoms with Gasteiger partial charge in [0, 0.05) is 23.2 Å². The predicted octanol–water partition coefficient (Wildman–Crippen LogP) is 3.87. The van der Waals surface area contributed by atoms with Crippen molar-refractivity contribution in [3.05, 3.63) is 94.3 Å². The largest absolute Gasteiger partial charge is 0.508 e. The van der Waals surface area contributed by atoms with Crippen molar-refractivity contribution < 1.29 is 14.7 Å². The molecular formula is C23H16ClN3O3. The van der Waals surface area contributed by atoms with Crippen LogP contribution in [0.15, 0.2) is 66.7 Å². The average Bonchev–Trinajstić information content (AvgIpc) is 3.19. The number of hydrogen-bond donors (Lipinski definition) is 2. The molecule has 0 radical (unpaired) electrons. The molecule has 0 aliphatic carbocycles. The van der Waals surface area contributed by atoms with Crippen LogP contribution < -0.4 is 0 Å². The maximum Gasteiger partial charge on any atom is 0.260 e. The minimum atomic E-state index is -1.58. The van der Waals surface area contributed by atoms with Crippen molar-refractivity contribution in [3.63, 3.8) is 0 Å². The van der Waals surface area contributed by atoms with Gasteiger partial charge in [-0.1, -0.05) is 41.9 Å². The third-order valence-electron chi connectivity index (χ3n) is 5.60. The Morgan fingerprint density at radius 2 is 1.73 bits per heavy atom. The highest BCUT2D eigenvalue weighted by atomic mass is 35.5. The molecule has 0 fully saturated rings. The molecular weight excluding hydrogens is 402 g/mol. The number of aromatic nitrogens is 2. The summed E-state index contributed by atoms with van der Waals surface area (Å²) in [4.78, 5) is 35.7. The summed E-state index contributed by atoms with van der Waals surface area (Å²) in [6, 6.07) is 18.8. The van der Waals surface area contributed by atoms with Crippen molar-refractivity contribution in [2.24, 2.45) is 0 Å². The number of halogens is 1. The molecule has 0 spiro atoms. The summed E-state index contributed by atoms with van der Waals surface area (Å²) in [5, 5.41) is 11.2. The summed E-state index contributed by atoms with van der Waals surface area (Å²) in [6.45, 7) is 0. The van der Waals surface area contributed by atoms with Gasteiger partial charge >= 0.3 is 0 Å². The van der Waals surface area contributed by atoms with Gasteiger partial charge in [-0.3, -0.25) is 14.5 Å². The standard InChI is InChI=1S/C23H16ClN3O3/c1-27-20(29)14-6-2-3-7-15(14)23(22(27)30,16-12-13(24)10-11-19(16)28)21-25-17-8-4-5-9-18(17)26-21/h2-12,28H,1H3,(H,25,26). The van der Waals surface area contributed by atoms with Crippen LogP contribution >= 0.6 is 11.6 Å². The lowest BCUT2D eigenvalue weighted by molar-refractivity contribution is -0.131. The molecule has 1 aliphatic heterocycles. The number of nitrogens with one attached hydrogen (secondary N) is 1. The van der Waals surface area contributed by atoms with Crippen LogP contribution in [0.4, 0.5) is 0 Å². The molecule has 1 aromatic heterocycles. The minimum Gasteiger partial charge on any atom is -0.508 e. The lowest BCUT2D eigenvalue weighted by Crippen LogP contribution is -2.54. The molecule has 0 saturated carbocycles. The first-order chi connectivity index (χ1) is 14.4. The zero-order chi connectivity index (χ0) is 21.0. The Bertz CT molecular complexity index is 1310. The first-order valence-electron chi connectivity index (χ1n) is 9.31. The van der Waals surface area contributed by atoms with Crippen LogP contribution in [0.5, 0.6) is 5.75 Å². The van der Waals surface area contributed by atoms with Crippen molar-refractivity contribution in [3.8, 4) is 5.75 Å². The van der Waals surface area contributed by atoms with Crippen LogP contribution in [-0.2, 0) is 10.2 Å². The number of benzene rings is 3. The smallest absolute Gasteiger partial charge is 0.260 e. The third-order valence-corrected chi connectivity index (χ3v) is 5.83. The Hall–Kier alpha value is -3.64. The van der Waals surface area contributed by atoms with Crippen molar-refractivity contribution in [1.29, 1.82) is 0 Å². The number of phenolic OH excluding ortho intramolecular Hbond substituents is 1. The fourth-order valence-corrected chi connectivity index (χ4v) is 4.36. The molecule has 2 heterocycles. The zero-order valence-corrected chi connectivity index (χ0v) is 16.6. The first-order valence-corrected chi connectivity index (χ1v) is 9.68. The number of phenols is 1. The molecule has 7 heteroatoms. The molecule has 1 unspecified atom stereocenters. The van der Waals surface area contributed by atoms with Gasteiger partial charge in [0.15, 0.2) is 5.41 Å². The van der Waals surface area contributed by atoms with E-state index in [4.69, 9.17) is 16.6 Å². The average molecular weight is 418 g/mol. The highest BCUT2D eigenvalue weighted by molar-refractivity contribution is 6.30. The summed E-state index contributed by atoms with van der Waals surface area (Å²) in [5.41, 5.74) is 0.879. The Morgan fingerprint density at radius 1 is 1.00 bits per heavy atom. The molecule has 4 aromatic rings. The second-order valence-corrected chi connectivity index (χ2v) is 7.67. The van der Waals surface area contributed by atoms with E-state index in [2.05, 4.69) is 4.98 Å². The van der Waals surface area contributed by atoms with Gasteiger partial charge in [-0.15, -0.1) is 0 Å². The Kier molecular flexibility index (Phi) is 3.95. The SMILES string of the molecule is CN1C(=O)c2ccccc2C(c2nc3ccccc3[nH]2)(c2cc(Cl)ccc2O)C1=O. The van der Waals surface area contributed by atoms with E-state index in [-0.39, 0.29) is 11.3 Å². The number of aromatic amines is 1. The lowest BCUT2D eigenvalue weighted by Gasteiger charge is -2.40. The second kappa shape index (κ2) is 6.43. The molecule has 0 saturated heterocycles. The van der Waals surface area contributed by atoms with E-state index in [1.807, 2.05) is 24.3 Å². The molecule has 2 amide bonds. The topological polar surface area (TPSA) is 86.3 Å².